The molecule has 0 radical (unpaired) electrons. The van der Waals surface area contributed by atoms with E-state index < -0.39 is 0 Å². The highest BCUT2D eigenvalue weighted by molar-refractivity contribution is 6.21. The SMILES string of the molecule is C=CC(=Nc1ccc2c(c1Cc1ccccc1)CCC=C2)c1ccc(-c2ccc(-c3c4ccccc4c(-c4ccccc4)c4ccccc34)cc2)cc1. The van der Waals surface area contributed by atoms with E-state index in [1.165, 1.54) is 77.2 Å². The molecule has 0 bridgehead atoms. The summed E-state index contributed by atoms with van der Waals surface area (Å²) in [6, 6.07) is 61.3. The molecule has 0 spiro atoms. The van der Waals surface area contributed by atoms with Gasteiger partial charge in [0.15, 0.2) is 0 Å². The Labute approximate surface area is 312 Å². The Bertz CT molecular complexity index is 2600. The van der Waals surface area contributed by atoms with Crippen molar-refractivity contribution in [1.29, 1.82) is 0 Å². The van der Waals surface area contributed by atoms with Gasteiger partial charge in [-0.3, -0.25) is 0 Å². The highest BCUT2D eigenvalue weighted by Gasteiger charge is 2.17. The number of rotatable bonds is 8. The number of fused-ring (bicyclic) bond motifs is 3. The van der Waals surface area contributed by atoms with Crippen LogP contribution >= 0.6 is 0 Å². The number of aliphatic imine (C=N–C) groups is 1. The van der Waals surface area contributed by atoms with Crippen LogP contribution in [0.3, 0.4) is 0 Å². The third-order valence-corrected chi connectivity index (χ3v) is 10.6. The number of hydrogen-bond donors (Lipinski definition) is 0. The zero-order valence-electron chi connectivity index (χ0n) is 29.7. The fourth-order valence-corrected chi connectivity index (χ4v) is 8.07. The first-order valence-corrected chi connectivity index (χ1v) is 18.5. The third-order valence-electron chi connectivity index (χ3n) is 10.6. The molecule has 1 aliphatic carbocycles. The molecule has 1 heteroatoms. The molecule has 53 heavy (non-hydrogen) atoms. The number of allylic oxidation sites excluding steroid dienone is 2. The van der Waals surface area contributed by atoms with E-state index >= 15 is 0 Å². The predicted molar refractivity (Wildman–Crippen MR) is 227 cm³/mol. The summed E-state index contributed by atoms with van der Waals surface area (Å²) < 4.78 is 0. The molecule has 0 amide bonds. The van der Waals surface area contributed by atoms with E-state index in [4.69, 9.17) is 4.99 Å². The lowest BCUT2D eigenvalue weighted by atomic mass is 9.86. The lowest BCUT2D eigenvalue weighted by Gasteiger charge is -2.18. The first-order chi connectivity index (χ1) is 26.2. The maximum absolute atomic E-state index is 5.25. The van der Waals surface area contributed by atoms with Crippen molar-refractivity contribution in [3.05, 3.63) is 216 Å². The lowest BCUT2D eigenvalue weighted by Crippen LogP contribution is -2.03. The Kier molecular flexibility index (Phi) is 8.67. The van der Waals surface area contributed by atoms with Gasteiger partial charge >= 0.3 is 0 Å². The normalized spacial score (nSPS) is 12.6. The molecule has 8 aromatic carbocycles. The smallest absolute Gasteiger partial charge is 0.0703 e. The van der Waals surface area contributed by atoms with Crippen LogP contribution < -0.4 is 0 Å². The zero-order valence-corrected chi connectivity index (χ0v) is 29.7. The van der Waals surface area contributed by atoms with Crippen molar-refractivity contribution < 1.29 is 0 Å². The number of benzene rings is 8. The van der Waals surface area contributed by atoms with Gasteiger partial charge in [-0.2, -0.15) is 0 Å². The van der Waals surface area contributed by atoms with E-state index in [1.54, 1.807) is 0 Å². The molecule has 0 N–H and O–H groups in total. The van der Waals surface area contributed by atoms with Crippen LogP contribution in [0, 0.1) is 0 Å². The summed E-state index contributed by atoms with van der Waals surface area (Å²) in [6.45, 7) is 4.18. The van der Waals surface area contributed by atoms with Crippen LogP contribution in [-0.4, -0.2) is 5.71 Å². The molecule has 9 rings (SSSR count). The van der Waals surface area contributed by atoms with Crippen LogP contribution in [0.5, 0.6) is 0 Å². The second-order valence-corrected chi connectivity index (χ2v) is 13.8. The highest BCUT2D eigenvalue weighted by Crippen LogP contribution is 2.44. The minimum atomic E-state index is 0.860. The Hall–Kier alpha value is -6.57. The predicted octanol–water partition coefficient (Wildman–Crippen LogP) is 13.9. The second kappa shape index (κ2) is 14.2. The van der Waals surface area contributed by atoms with Gasteiger partial charge < -0.3 is 0 Å². The summed E-state index contributed by atoms with van der Waals surface area (Å²) in [5, 5.41) is 5.07. The van der Waals surface area contributed by atoms with Crippen molar-refractivity contribution in [2.24, 2.45) is 4.99 Å². The number of nitrogens with zero attached hydrogens (tertiary/aromatic N) is 1. The van der Waals surface area contributed by atoms with Gasteiger partial charge in [0, 0.05) is 5.56 Å². The van der Waals surface area contributed by atoms with Crippen molar-refractivity contribution in [3.8, 4) is 33.4 Å². The third kappa shape index (κ3) is 6.21. The average Bonchev–Trinajstić information content (AvgIpc) is 3.23. The molecule has 8 aromatic rings. The molecule has 0 heterocycles. The molecular weight excluding hydrogens is 639 g/mol. The molecule has 0 aromatic heterocycles. The molecule has 1 aliphatic rings. The van der Waals surface area contributed by atoms with Crippen molar-refractivity contribution >= 4 is 39.0 Å². The summed E-state index contributed by atoms with van der Waals surface area (Å²) in [5.41, 5.74) is 15.6. The Balaban J connectivity index is 1.05. The summed E-state index contributed by atoms with van der Waals surface area (Å²) in [4.78, 5) is 5.25. The Morgan fingerprint density at radius 3 is 1.62 bits per heavy atom. The molecule has 0 unspecified atom stereocenters. The van der Waals surface area contributed by atoms with Gasteiger partial charge in [-0.25, -0.2) is 4.99 Å². The van der Waals surface area contributed by atoms with Gasteiger partial charge in [-0.15, -0.1) is 0 Å². The molecule has 1 nitrogen and oxygen atoms in total. The van der Waals surface area contributed by atoms with Crippen molar-refractivity contribution in [3.63, 3.8) is 0 Å². The second-order valence-electron chi connectivity index (χ2n) is 13.8. The topological polar surface area (TPSA) is 12.4 Å². The minimum Gasteiger partial charge on any atom is -0.248 e. The summed E-state index contributed by atoms with van der Waals surface area (Å²) in [6.07, 6.45) is 9.37. The van der Waals surface area contributed by atoms with Crippen molar-refractivity contribution in [1.82, 2.24) is 0 Å². The summed E-state index contributed by atoms with van der Waals surface area (Å²) in [5.74, 6) is 0. The van der Waals surface area contributed by atoms with Gasteiger partial charge in [-0.1, -0.05) is 183 Å². The van der Waals surface area contributed by atoms with Crippen LogP contribution in [0.15, 0.2) is 194 Å². The van der Waals surface area contributed by atoms with E-state index in [-0.39, 0.29) is 0 Å². The van der Waals surface area contributed by atoms with E-state index in [0.29, 0.717) is 0 Å². The average molecular weight is 678 g/mol. The largest absolute Gasteiger partial charge is 0.248 e. The quantitative estimate of drug-likeness (QED) is 0.112. The summed E-state index contributed by atoms with van der Waals surface area (Å²) >= 11 is 0. The Morgan fingerprint density at radius 2 is 1.04 bits per heavy atom. The first kappa shape index (κ1) is 32.3. The van der Waals surface area contributed by atoms with Crippen molar-refractivity contribution in [2.75, 3.05) is 0 Å². The van der Waals surface area contributed by atoms with Crippen LogP contribution in [0.25, 0.3) is 61.0 Å². The van der Waals surface area contributed by atoms with Gasteiger partial charge in [0.2, 0.25) is 0 Å². The standard InChI is InChI=1S/C52H39N/c1-2-49(53-50-34-33-39-17-9-10-20-43(39)48(50)35-36-15-5-3-6-16-36)40-29-25-37(26-30-40)38-27-31-42(32-28-38)52-46-23-13-11-21-44(46)51(41-18-7-4-8-19-41)45-22-12-14-24-47(45)52/h2-9,11-19,21-34H,1,10,20,35H2. The van der Waals surface area contributed by atoms with Gasteiger partial charge in [-0.05, 0) is 109 Å². The lowest BCUT2D eigenvalue weighted by molar-refractivity contribution is 0.954. The zero-order chi connectivity index (χ0) is 35.6. The summed E-state index contributed by atoms with van der Waals surface area (Å²) in [7, 11) is 0. The fraction of sp³-hybridized carbons (Fsp3) is 0.0577. The molecule has 0 atom stereocenters. The maximum Gasteiger partial charge on any atom is 0.0703 e. The van der Waals surface area contributed by atoms with Crippen molar-refractivity contribution in [2.45, 2.75) is 19.3 Å². The highest BCUT2D eigenvalue weighted by atomic mass is 14.8. The van der Waals surface area contributed by atoms with E-state index in [1.807, 2.05) is 6.08 Å². The Morgan fingerprint density at radius 1 is 0.528 bits per heavy atom. The van der Waals surface area contributed by atoms with Gasteiger partial charge in [0.05, 0.1) is 11.4 Å². The first-order valence-electron chi connectivity index (χ1n) is 18.5. The van der Waals surface area contributed by atoms with Gasteiger partial charge in [0.1, 0.15) is 0 Å². The molecular formula is C52H39N. The molecule has 252 valence electrons. The van der Waals surface area contributed by atoms with E-state index in [2.05, 4.69) is 189 Å². The monoisotopic (exact) mass is 677 g/mol. The minimum absolute atomic E-state index is 0.860. The van der Waals surface area contributed by atoms with E-state index in [9.17, 15) is 0 Å². The fourth-order valence-electron chi connectivity index (χ4n) is 8.07. The molecule has 0 saturated heterocycles. The molecule has 0 aliphatic heterocycles. The van der Waals surface area contributed by atoms with Crippen LogP contribution in [0.1, 0.15) is 34.2 Å². The number of hydrogen-bond acceptors (Lipinski definition) is 1. The molecule has 0 fully saturated rings. The molecule has 0 saturated carbocycles. The van der Waals surface area contributed by atoms with Gasteiger partial charge in [0.25, 0.3) is 0 Å². The van der Waals surface area contributed by atoms with Crippen LogP contribution in [-0.2, 0) is 12.8 Å². The van der Waals surface area contributed by atoms with E-state index in [0.717, 1.165) is 36.2 Å². The maximum atomic E-state index is 5.25. The van der Waals surface area contributed by atoms with Crippen LogP contribution in [0.4, 0.5) is 5.69 Å². The van der Waals surface area contributed by atoms with Crippen LogP contribution in [0.2, 0.25) is 0 Å².